The largest absolute Gasteiger partial charge is 0.463 e. The van der Waals surface area contributed by atoms with Gasteiger partial charge in [0.15, 0.2) is 0 Å². The molecular weight excluding hydrogens is 254 g/mol. The number of benzene rings is 2. The van der Waals surface area contributed by atoms with Crippen molar-refractivity contribution < 1.29 is 14.7 Å². The van der Waals surface area contributed by atoms with Gasteiger partial charge in [0, 0.05) is 6.42 Å². The lowest BCUT2D eigenvalue weighted by atomic mass is 9.84. The molecule has 0 spiro atoms. The van der Waals surface area contributed by atoms with Gasteiger partial charge >= 0.3 is 6.09 Å². The van der Waals surface area contributed by atoms with Crippen LogP contribution in [0.1, 0.15) is 17.5 Å². The molecule has 0 aliphatic carbocycles. The minimum Gasteiger partial charge on any atom is -0.463 e. The zero-order chi connectivity index (χ0) is 14.0. The smallest absolute Gasteiger partial charge is 0.431 e. The van der Waals surface area contributed by atoms with Crippen molar-refractivity contribution in [1.82, 2.24) is 5.06 Å². The molecule has 0 atom stereocenters. The lowest BCUT2D eigenvalue weighted by molar-refractivity contribution is -0.157. The first-order valence-corrected chi connectivity index (χ1v) is 6.53. The summed E-state index contributed by atoms with van der Waals surface area (Å²) in [5, 5.41) is 10.2. The van der Waals surface area contributed by atoms with E-state index in [1.807, 2.05) is 60.7 Å². The molecule has 102 valence electrons. The fourth-order valence-electron chi connectivity index (χ4n) is 2.65. The summed E-state index contributed by atoms with van der Waals surface area (Å²) in [7, 11) is 0. The van der Waals surface area contributed by atoms with Crippen molar-refractivity contribution in [2.75, 3.05) is 6.54 Å². The number of nitrogens with zero attached hydrogens (tertiary/aromatic N) is 1. The molecule has 2 aromatic carbocycles. The summed E-state index contributed by atoms with van der Waals surface area (Å²) in [6.45, 7) is 0.360. The van der Waals surface area contributed by atoms with Crippen LogP contribution in [0, 0.1) is 0 Å². The fourth-order valence-corrected chi connectivity index (χ4v) is 2.65. The Hall–Kier alpha value is -2.33. The van der Waals surface area contributed by atoms with Crippen LogP contribution in [0.4, 0.5) is 4.79 Å². The molecule has 1 amide bonds. The molecule has 1 aliphatic rings. The monoisotopic (exact) mass is 269 g/mol. The average molecular weight is 269 g/mol. The molecule has 4 nitrogen and oxygen atoms in total. The maximum absolute atomic E-state index is 11.2. The molecular formula is C16H15NO3. The summed E-state index contributed by atoms with van der Waals surface area (Å²) in [5.41, 5.74) is 1.21. The second kappa shape index (κ2) is 4.98. The third-order valence-electron chi connectivity index (χ3n) is 3.63. The van der Waals surface area contributed by atoms with Crippen LogP contribution in [-0.4, -0.2) is 22.8 Å². The Labute approximate surface area is 117 Å². The lowest BCUT2D eigenvalue weighted by Gasteiger charge is -2.29. The van der Waals surface area contributed by atoms with Gasteiger partial charge in [0.1, 0.15) is 5.60 Å². The summed E-state index contributed by atoms with van der Waals surface area (Å²) in [6.07, 6.45) is -0.452. The van der Waals surface area contributed by atoms with E-state index in [2.05, 4.69) is 0 Å². The molecule has 1 N–H and O–H groups in total. The topological polar surface area (TPSA) is 49.8 Å². The zero-order valence-electron chi connectivity index (χ0n) is 10.9. The first kappa shape index (κ1) is 12.7. The molecule has 0 radical (unpaired) electrons. The number of hydrogen-bond acceptors (Lipinski definition) is 2. The van der Waals surface area contributed by atoms with Crippen LogP contribution in [0.2, 0.25) is 0 Å². The van der Waals surface area contributed by atoms with Gasteiger partial charge in [-0.05, 0) is 11.1 Å². The minimum absolute atomic E-state index is 0.360. The van der Waals surface area contributed by atoms with Crippen LogP contribution >= 0.6 is 0 Å². The van der Waals surface area contributed by atoms with Gasteiger partial charge in [0.2, 0.25) is 0 Å². The van der Waals surface area contributed by atoms with Crippen molar-refractivity contribution in [3.63, 3.8) is 0 Å². The van der Waals surface area contributed by atoms with Gasteiger partial charge in [-0.3, -0.25) is 4.84 Å². The van der Waals surface area contributed by atoms with Crippen LogP contribution in [0.3, 0.4) is 0 Å². The van der Waals surface area contributed by atoms with Crippen LogP contribution < -0.4 is 0 Å². The van der Waals surface area contributed by atoms with Gasteiger partial charge in [0.25, 0.3) is 0 Å². The second-order valence-electron chi connectivity index (χ2n) is 4.79. The van der Waals surface area contributed by atoms with Crippen LogP contribution in [0.15, 0.2) is 60.7 Å². The number of amides is 1. The molecule has 20 heavy (non-hydrogen) atoms. The Kier molecular flexibility index (Phi) is 3.16. The van der Waals surface area contributed by atoms with Crippen molar-refractivity contribution in [2.45, 2.75) is 12.0 Å². The molecule has 1 aliphatic heterocycles. The van der Waals surface area contributed by atoms with Crippen molar-refractivity contribution in [2.24, 2.45) is 0 Å². The third kappa shape index (κ3) is 2.04. The van der Waals surface area contributed by atoms with Crippen molar-refractivity contribution in [3.8, 4) is 0 Å². The van der Waals surface area contributed by atoms with E-state index in [0.717, 1.165) is 16.2 Å². The molecule has 0 unspecified atom stereocenters. The zero-order valence-corrected chi connectivity index (χ0v) is 10.9. The van der Waals surface area contributed by atoms with Crippen molar-refractivity contribution in [1.29, 1.82) is 0 Å². The summed E-state index contributed by atoms with van der Waals surface area (Å²) >= 11 is 0. The number of hydroxylamine groups is 2. The molecule has 1 saturated heterocycles. The first-order valence-electron chi connectivity index (χ1n) is 6.53. The summed E-state index contributed by atoms with van der Waals surface area (Å²) in [5.74, 6) is 0. The predicted molar refractivity (Wildman–Crippen MR) is 74.1 cm³/mol. The van der Waals surface area contributed by atoms with E-state index in [1.165, 1.54) is 0 Å². The highest BCUT2D eigenvalue weighted by atomic mass is 16.7. The molecule has 4 heteroatoms. The number of carboxylic acid groups (broad SMARTS) is 1. The highest BCUT2D eigenvalue weighted by Crippen LogP contribution is 2.41. The van der Waals surface area contributed by atoms with E-state index in [-0.39, 0.29) is 0 Å². The molecule has 0 saturated carbocycles. The van der Waals surface area contributed by atoms with Gasteiger partial charge in [-0.1, -0.05) is 60.7 Å². The van der Waals surface area contributed by atoms with E-state index in [1.54, 1.807) is 0 Å². The molecule has 2 aromatic rings. The average Bonchev–Trinajstić information content (AvgIpc) is 2.96. The minimum atomic E-state index is -1.06. The van der Waals surface area contributed by atoms with E-state index < -0.39 is 11.7 Å². The molecule has 3 rings (SSSR count). The van der Waals surface area contributed by atoms with Crippen molar-refractivity contribution >= 4 is 6.09 Å². The van der Waals surface area contributed by atoms with Crippen molar-refractivity contribution in [3.05, 3.63) is 71.8 Å². The molecule has 1 heterocycles. The van der Waals surface area contributed by atoms with Gasteiger partial charge in [-0.25, -0.2) is 4.79 Å². The third-order valence-corrected chi connectivity index (χ3v) is 3.63. The molecule has 0 bridgehead atoms. The van der Waals surface area contributed by atoms with Crippen LogP contribution in [0.5, 0.6) is 0 Å². The fraction of sp³-hybridized carbons (Fsp3) is 0.188. The van der Waals surface area contributed by atoms with Gasteiger partial charge in [-0.2, -0.15) is 5.06 Å². The lowest BCUT2D eigenvalue weighted by Crippen LogP contribution is -2.32. The highest BCUT2D eigenvalue weighted by molar-refractivity contribution is 5.64. The van der Waals surface area contributed by atoms with E-state index in [9.17, 15) is 4.79 Å². The van der Waals surface area contributed by atoms with Crippen LogP contribution in [0.25, 0.3) is 0 Å². The Morgan fingerprint density at radius 2 is 1.50 bits per heavy atom. The summed E-state index contributed by atoms with van der Waals surface area (Å²) in [6, 6.07) is 19.5. The Balaban J connectivity index is 2.08. The normalized spacial score (nSPS) is 17.1. The molecule has 1 fully saturated rings. The first-order chi connectivity index (χ1) is 9.72. The maximum atomic E-state index is 11.2. The Bertz CT molecular complexity index is 558. The van der Waals surface area contributed by atoms with Gasteiger partial charge in [0.05, 0.1) is 6.54 Å². The van der Waals surface area contributed by atoms with E-state index in [4.69, 9.17) is 9.94 Å². The number of hydrogen-bond donors (Lipinski definition) is 1. The van der Waals surface area contributed by atoms with E-state index >= 15 is 0 Å². The van der Waals surface area contributed by atoms with Crippen LogP contribution in [-0.2, 0) is 10.4 Å². The summed E-state index contributed by atoms with van der Waals surface area (Å²) < 4.78 is 0. The SMILES string of the molecule is O=C(O)N1CCC(c2ccccc2)(c2ccccc2)O1. The maximum Gasteiger partial charge on any atom is 0.431 e. The van der Waals surface area contributed by atoms with E-state index in [0.29, 0.717) is 13.0 Å². The predicted octanol–water partition coefficient (Wildman–Crippen LogP) is 3.25. The van der Waals surface area contributed by atoms with Gasteiger partial charge in [-0.15, -0.1) is 0 Å². The summed E-state index contributed by atoms with van der Waals surface area (Å²) in [4.78, 5) is 17.0. The van der Waals surface area contributed by atoms with Gasteiger partial charge < -0.3 is 5.11 Å². The second-order valence-corrected chi connectivity index (χ2v) is 4.79. The standard InChI is InChI=1S/C16H15NO3/c18-15(19)17-12-11-16(20-17,13-7-3-1-4-8-13)14-9-5-2-6-10-14/h1-10H,11-12H2,(H,18,19). The Morgan fingerprint density at radius 3 is 1.90 bits per heavy atom. The quantitative estimate of drug-likeness (QED) is 0.910. The number of rotatable bonds is 2. The number of carbonyl (C=O) groups is 1. The highest BCUT2D eigenvalue weighted by Gasteiger charge is 2.44. The molecule has 0 aromatic heterocycles. The Morgan fingerprint density at radius 1 is 1.00 bits per heavy atom.